The van der Waals surface area contributed by atoms with Crippen molar-refractivity contribution in [2.75, 3.05) is 26.1 Å². The van der Waals surface area contributed by atoms with Crippen molar-refractivity contribution in [2.24, 2.45) is 0 Å². The van der Waals surface area contributed by atoms with Gasteiger partial charge in [0.05, 0.1) is 18.3 Å². The summed E-state index contributed by atoms with van der Waals surface area (Å²) in [6, 6.07) is 25.4. The van der Waals surface area contributed by atoms with Gasteiger partial charge in [0.15, 0.2) is 5.78 Å². The zero-order valence-corrected chi connectivity index (χ0v) is 17.9. The molecule has 1 aromatic heterocycles. The van der Waals surface area contributed by atoms with Crippen LogP contribution in [-0.4, -0.2) is 32.0 Å². The predicted octanol–water partition coefficient (Wildman–Crippen LogP) is 5.87. The van der Waals surface area contributed by atoms with Gasteiger partial charge in [-0.15, -0.1) is 0 Å². The topological polar surface area (TPSA) is 42.4 Å². The van der Waals surface area contributed by atoms with Gasteiger partial charge in [0.25, 0.3) is 0 Å². The van der Waals surface area contributed by atoms with Gasteiger partial charge in [-0.1, -0.05) is 48.5 Å². The maximum atomic E-state index is 13.2. The van der Waals surface area contributed by atoms with Crippen molar-refractivity contribution < 1.29 is 9.53 Å². The third kappa shape index (κ3) is 4.48. The van der Waals surface area contributed by atoms with Crippen LogP contribution in [0.2, 0.25) is 0 Å². The normalized spacial score (nSPS) is 11.1. The third-order valence-corrected chi connectivity index (χ3v) is 5.19. The molecule has 0 spiro atoms. The van der Waals surface area contributed by atoms with Gasteiger partial charge in [0.2, 0.25) is 0 Å². The largest absolute Gasteiger partial charge is 0.497 e. The van der Waals surface area contributed by atoms with Crippen molar-refractivity contribution in [1.82, 2.24) is 4.98 Å². The number of methoxy groups -OCH3 is 1. The molecule has 31 heavy (non-hydrogen) atoms. The van der Waals surface area contributed by atoms with Gasteiger partial charge >= 0.3 is 0 Å². The molecule has 0 saturated carbocycles. The summed E-state index contributed by atoms with van der Waals surface area (Å²) in [7, 11) is 5.62. The molecule has 0 radical (unpaired) electrons. The van der Waals surface area contributed by atoms with Crippen molar-refractivity contribution in [1.29, 1.82) is 0 Å². The Labute approximate surface area is 182 Å². The second-order valence-electron chi connectivity index (χ2n) is 7.49. The predicted molar refractivity (Wildman–Crippen MR) is 128 cm³/mol. The fourth-order valence-corrected chi connectivity index (χ4v) is 3.44. The highest BCUT2D eigenvalue weighted by atomic mass is 16.5. The first-order chi connectivity index (χ1) is 15.0. The van der Waals surface area contributed by atoms with E-state index in [1.807, 2.05) is 104 Å². The van der Waals surface area contributed by atoms with Gasteiger partial charge in [-0.2, -0.15) is 0 Å². The molecule has 4 heteroatoms. The maximum Gasteiger partial charge on any atom is 0.186 e. The molecule has 0 fully saturated rings. The van der Waals surface area contributed by atoms with Crippen LogP contribution in [0.5, 0.6) is 5.75 Å². The van der Waals surface area contributed by atoms with E-state index in [2.05, 4.69) is 0 Å². The fourth-order valence-electron chi connectivity index (χ4n) is 3.44. The van der Waals surface area contributed by atoms with Gasteiger partial charge in [-0.25, -0.2) is 4.98 Å². The van der Waals surface area contributed by atoms with E-state index < -0.39 is 0 Å². The fraction of sp³-hybridized carbons (Fsp3) is 0.111. The zero-order valence-electron chi connectivity index (χ0n) is 17.9. The lowest BCUT2D eigenvalue weighted by Gasteiger charge is -2.11. The van der Waals surface area contributed by atoms with Gasteiger partial charge in [-0.3, -0.25) is 4.79 Å². The van der Waals surface area contributed by atoms with Crippen molar-refractivity contribution >= 4 is 28.4 Å². The maximum absolute atomic E-state index is 13.2. The average molecular weight is 409 g/mol. The summed E-state index contributed by atoms with van der Waals surface area (Å²) in [6.07, 6.45) is 3.46. The van der Waals surface area contributed by atoms with E-state index in [0.717, 1.165) is 33.4 Å². The Morgan fingerprint density at radius 3 is 2.35 bits per heavy atom. The standard InChI is InChI=1S/C27H24N2O2/c1-29(2)21-12-9-19(10-13-21)11-16-27(30)24-18-26(20-7-5-4-6-8-20)28-25-15-14-22(31-3)17-23(24)25/h4-18H,1-3H3/b16-11+. The molecule has 4 rings (SSSR count). The number of nitrogens with zero attached hydrogens (tertiary/aromatic N) is 2. The van der Waals surface area contributed by atoms with Crippen LogP contribution in [0, 0.1) is 0 Å². The molecule has 0 N–H and O–H groups in total. The van der Waals surface area contributed by atoms with Crippen LogP contribution in [0.15, 0.2) is 84.9 Å². The summed E-state index contributed by atoms with van der Waals surface area (Å²) in [5.74, 6) is 0.619. The highest BCUT2D eigenvalue weighted by Crippen LogP contribution is 2.28. The summed E-state index contributed by atoms with van der Waals surface area (Å²) < 4.78 is 5.37. The average Bonchev–Trinajstić information content (AvgIpc) is 2.82. The third-order valence-electron chi connectivity index (χ3n) is 5.19. The number of benzene rings is 3. The van der Waals surface area contributed by atoms with E-state index in [9.17, 15) is 4.79 Å². The number of aromatic nitrogens is 1. The van der Waals surface area contributed by atoms with Crippen molar-refractivity contribution in [3.8, 4) is 17.0 Å². The quantitative estimate of drug-likeness (QED) is 0.295. The minimum atomic E-state index is -0.0745. The number of carbonyl (C=O) groups excluding carboxylic acids is 1. The molecule has 0 aliphatic heterocycles. The monoisotopic (exact) mass is 408 g/mol. The summed E-state index contributed by atoms with van der Waals surface area (Å²) >= 11 is 0. The van der Waals surface area contributed by atoms with Crippen LogP contribution in [0.4, 0.5) is 5.69 Å². The Morgan fingerprint density at radius 1 is 0.935 bits per heavy atom. The molecule has 0 aliphatic carbocycles. The van der Waals surface area contributed by atoms with Gasteiger partial charge in [0, 0.05) is 36.3 Å². The molecule has 4 aromatic rings. The molecular formula is C27H24N2O2. The highest BCUT2D eigenvalue weighted by Gasteiger charge is 2.13. The lowest BCUT2D eigenvalue weighted by molar-refractivity contribution is 0.104. The van der Waals surface area contributed by atoms with Crippen molar-refractivity contribution in [3.05, 3.63) is 96.1 Å². The molecule has 1 heterocycles. The van der Waals surface area contributed by atoms with Gasteiger partial charge in [0.1, 0.15) is 5.75 Å². The lowest BCUT2D eigenvalue weighted by Crippen LogP contribution is -2.07. The summed E-state index contributed by atoms with van der Waals surface area (Å²) in [6.45, 7) is 0. The number of pyridine rings is 1. The Bertz CT molecular complexity index is 1240. The summed E-state index contributed by atoms with van der Waals surface area (Å²) in [4.78, 5) is 20.0. The first kappa shape index (κ1) is 20.4. The molecule has 0 atom stereocenters. The van der Waals surface area contributed by atoms with Gasteiger partial charge < -0.3 is 9.64 Å². The molecule has 154 valence electrons. The smallest absolute Gasteiger partial charge is 0.186 e. The van der Waals surface area contributed by atoms with E-state index in [-0.39, 0.29) is 5.78 Å². The van der Waals surface area contributed by atoms with Crippen molar-refractivity contribution in [2.45, 2.75) is 0 Å². The molecule has 0 unspecified atom stereocenters. The van der Waals surface area contributed by atoms with E-state index in [1.165, 1.54) is 0 Å². The summed E-state index contributed by atoms with van der Waals surface area (Å²) in [5, 5.41) is 0.775. The van der Waals surface area contributed by atoms with E-state index in [1.54, 1.807) is 13.2 Å². The number of ketones is 1. The Balaban J connectivity index is 1.75. The minimum absolute atomic E-state index is 0.0745. The molecular weight excluding hydrogens is 384 g/mol. The first-order valence-corrected chi connectivity index (χ1v) is 10.1. The van der Waals surface area contributed by atoms with Crippen LogP contribution >= 0.6 is 0 Å². The Hall–Kier alpha value is -3.92. The van der Waals surface area contributed by atoms with Crippen LogP contribution in [0.3, 0.4) is 0 Å². The zero-order chi connectivity index (χ0) is 21.8. The van der Waals surface area contributed by atoms with Crippen LogP contribution < -0.4 is 9.64 Å². The number of anilines is 1. The van der Waals surface area contributed by atoms with Crippen LogP contribution in [0.25, 0.3) is 28.2 Å². The molecule has 0 bridgehead atoms. The number of ether oxygens (including phenoxy) is 1. The Morgan fingerprint density at radius 2 is 1.68 bits per heavy atom. The highest BCUT2D eigenvalue weighted by molar-refractivity contribution is 6.15. The number of rotatable bonds is 6. The summed E-state index contributed by atoms with van der Waals surface area (Å²) in [5.41, 5.74) is 5.18. The second-order valence-corrected chi connectivity index (χ2v) is 7.49. The number of fused-ring (bicyclic) bond motifs is 1. The second kappa shape index (κ2) is 8.84. The number of carbonyl (C=O) groups is 1. The van der Waals surface area contributed by atoms with E-state index >= 15 is 0 Å². The number of hydrogen-bond donors (Lipinski definition) is 0. The molecule has 0 amide bonds. The molecule has 0 aliphatic rings. The first-order valence-electron chi connectivity index (χ1n) is 10.1. The molecule has 0 saturated heterocycles. The van der Waals surface area contributed by atoms with E-state index in [0.29, 0.717) is 11.3 Å². The number of hydrogen-bond acceptors (Lipinski definition) is 4. The molecule has 3 aromatic carbocycles. The number of allylic oxidation sites excluding steroid dienone is 1. The lowest BCUT2D eigenvalue weighted by atomic mass is 10.00. The van der Waals surface area contributed by atoms with Gasteiger partial charge in [-0.05, 0) is 48.0 Å². The van der Waals surface area contributed by atoms with Crippen molar-refractivity contribution in [3.63, 3.8) is 0 Å². The SMILES string of the molecule is COc1ccc2nc(-c3ccccc3)cc(C(=O)/C=C/c3ccc(N(C)C)cc3)c2c1. The Kier molecular flexibility index (Phi) is 5.80. The van der Waals surface area contributed by atoms with E-state index in [4.69, 9.17) is 9.72 Å². The minimum Gasteiger partial charge on any atom is -0.497 e. The molecule has 4 nitrogen and oxygen atoms in total. The van der Waals surface area contributed by atoms with Crippen LogP contribution in [-0.2, 0) is 0 Å². The van der Waals surface area contributed by atoms with Crippen LogP contribution in [0.1, 0.15) is 15.9 Å².